The highest BCUT2D eigenvalue weighted by molar-refractivity contribution is 5.30. The minimum Gasteiger partial charge on any atom is -0.275 e. The van der Waals surface area contributed by atoms with Crippen LogP contribution in [0, 0.1) is 25.2 Å². The second-order valence-corrected chi connectivity index (χ2v) is 3.16. The van der Waals surface area contributed by atoms with Gasteiger partial charge in [0, 0.05) is 6.20 Å². The summed E-state index contributed by atoms with van der Waals surface area (Å²) in [4.78, 5) is 4.26. The Labute approximate surface area is 87.0 Å². The zero-order valence-electron chi connectivity index (χ0n) is 8.47. The molecule has 0 aliphatic rings. The largest absolute Gasteiger partial charge is 0.275 e. The maximum absolute atomic E-state index is 8.85. The number of nitriles is 1. The second kappa shape index (κ2) is 3.50. The fourth-order valence-electron chi connectivity index (χ4n) is 1.19. The molecule has 2 aromatic heterocycles. The van der Waals surface area contributed by atoms with Crippen molar-refractivity contribution >= 4 is 0 Å². The van der Waals surface area contributed by atoms with Gasteiger partial charge in [0.15, 0.2) is 0 Å². The van der Waals surface area contributed by atoms with Crippen LogP contribution in [0.25, 0.3) is 5.95 Å². The van der Waals surface area contributed by atoms with Crippen LogP contribution in [0.3, 0.4) is 0 Å². The minimum atomic E-state index is 0.430. The summed E-state index contributed by atoms with van der Waals surface area (Å²) in [6.45, 7) is 3.71. The Bertz CT molecular complexity index is 535. The highest BCUT2D eigenvalue weighted by Gasteiger charge is 2.06. The van der Waals surface area contributed by atoms with Crippen molar-refractivity contribution in [2.45, 2.75) is 13.8 Å². The van der Waals surface area contributed by atoms with Crippen LogP contribution < -0.4 is 0 Å². The smallest absolute Gasteiger partial charge is 0.254 e. The number of hydrogen-bond donors (Lipinski definition) is 0. The van der Waals surface area contributed by atoms with Crippen LogP contribution in [0.5, 0.6) is 0 Å². The molecule has 0 fully saturated rings. The topological polar surface area (TPSA) is 67.4 Å². The van der Waals surface area contributed by atoms with Crippen LogP contribution >= 0.6 is 0 Å². The summed E-state index contributed by atoms with van der Waals surface area (Å²) >= 11 is 0. The van der Waals surface area contributed by atoms with E-state index in [4.69, 9.17) is 5.26 Å². The summed E-state index contributed by atoms with van der Waals surface area (Å²) in [7, 11) is 0. The third kappa shape index (κ3) is 1.57. The molecule has 2 heterocycles. The van der Waals surface area contributed by atoms with Gasteiger partial charge in [-0.3, -0.25) is 4.57 Å². The molecule has 2 rings (SSSR count). The first-order valence-electron chi connectivity index (χ1n) is 4.48. The third-order valence-electron chi connectivity index (χ3n) is 2.16. The normalized spacial score (nSPS) is 9.93. The SMILES string of the molecule is Cc1nnc(-n2cccc2C#N)nc1C. The van der Waals surface area contributed by atoms with E-state index in [1.165, 1.54) is 0 Å². The predicted molar refractivity (Wildman–Crippen MR) is 53.3 cm³/mol. The van der Waals surface area contributed by atoms with Crippen molar-refractivity contribution in [1.29, 1.82) is 5.26 Å². The van der Waals surface area contributed by atoms with Gasteiger partial charge in [-0.2, -0.15) is 10.4 Å². The van der Waals surface area contributed by atoms with Crippen molar-refractivity contribution in [3.05, 3.63) is 35.4 Å². The summed E-state index contributed by atoms with van der Waals surface area (Å²) in [6.07, 6.45) is 1.74. The average molecular weight is 199 g/mol. The van der Waals surface area contributed by atoms with Gasteiger partial charge in [0.2, 0.25) is 0 Å². The Morgan fingerprint density at radius 1 is 1.27 bits per heavy atom. The molecule has 5 heteroatoms. The molecule has 15 heavy (non-hydrogen) atoms. The highest BCUT2D eigenvalue weighted by Crippen LogP contribution is 2.07. The number of aromatic nitrogens is 4. The van der Waals surface area contributed by atoms with E-state index >= 15 is 0 Å². The van der Waals surface area contributed by atoms with Crippen LogP contribution in [0.1, 0.15) is 17.1 Å². The monoisotopic (exact) mass is 199 g/mol. The summed E-state index contributed by atoms with van der Waals surface area (Å²) in [5, 5.41) is 16.8. The zero-order chi connectivity index (χ0) is 10.8. The molecule has 0 radical (unpaired) electrons. The maximum Gasteiger partial charge on any atom is 0.254 e. The van der Waals surface area contributed by atoms with Crippen LogP contribution in [0.15, 0.2) is 18.3 Å². The summed E-state index contributed by atoms with van der Waals surface area (Å²) < 4.78 is 1.61. The van der Waals surface area contributed by atoms with Gasteiger partial charge >= 0.3 is 0 Å². The maximum atomic E-state index is 8.85. The molecule has 0 bridgehead atoms. The lowest BCUT2D eigenvalue weighted by atomic mass is 10.4. The third-order valence-corrected chi connectivity index (χ3v) is 2.16. The summed E-state index contributed by atoms with van der Waals surface area (Å²) in [5.74, 6) is 0.430. The summed E-state index contributed by atoms with van der Waals surface area (Å²) in [6, 6.07) is 5.55. The molecule has 5 nitrogen and oxygen atoms in total. The van der Waals surface area contributed by atoms with E-state index < -0.39 is 0 Å². The Morgan fingerprint density at radius 3 is 2.73 bits per heavy atom. The lowest BCUT2D eigenvalue weighted by Crippen LogP contribution is -2.06. The van der Waals surface area contributed by atoms with Gasteiger partial charge in [-0.15, -0.1) is 5.10 Å². The zero-order valence-corrected chi connectivity index (χ0v) is 8.47. The van der Waals surface area contributed by atoms with E-state index in [2.05, 4.69) is 21.3 Å². The van der Waals surface area contributed by atoms with Gasteiger partial charge in [-0.1, -0.05) is 0 Å². The van der Waals surface area contributed by atoms with E-state index in [0.717, 1.165) is 11.4 Å². The van der Waals surface area contributed by atoms with Crippen LogP contribution in [-0.2, 0) is 0 Å². The van der Waals surface area contributed by atoms with Crippen molar-refractivity contribution in [1.82, 2.24) is 19.7 Å². The molecule has 0 spiro atoms. The molecule has 0 saturated carbocycles. The van der Waals surface area contributed by atoms with Gasteiger partial charge in [-0.05, 0) is 26.0 Å². The standard InChI is InChI=1S/C10H9N5/c1-7-8(2)13-14-10(12-7)15-5-3-4-9(15)6-11/h3-5H,1-2H3. The lowest BCUT2D eigenvalue weighted by Gasteiger charge is -2.03. The van der Waals surface area contributed by atoms with Crippen molar-refractivity contribution in [3.63, 3.8) is 0 Å². The fraction of sp³-hybridized carbons (Fsp3) is 0.200. The Morgan fingerprint density at radius 2 is 2.07 bits per heavy atom. The Balaban J connectivity index is 2.56. The molecule has 0 aliphatic heterocycles. The molecule has 0 aromatic carbocycles. The van der Waals surface area contributed by atoms with Crippen molar-refractivity contribution in [2.24, 2.45) is 0 Å². The molecule has 0 amide bonds. The number of hydrogen-bond acceptors (Lipinski definition) is 4. The molecular weight excluding hydrogens is 190 g/mol. The molecular formula is C10H9N5. The van der Waals surface area contributed by atoms with E-state index in [-0.39, 0.29) is 0 Å². The molecule has 0 unspecified atom stereocenters. The van der Waals surface area contributed by atoms with Crippen molar-refractivity contribution in [3.8, 4) is 12.0 Å². The highest BCUT2D eigenvalue weighted by atomic mass is 15.3. The van der Waals surface area contributed by atoms with Gasteiger partial charge in [-0.25, -0.2) is 4.98 Å². The first-order valence-corrected chi connectivity index (χ1v) is 4.48. The fourth-order valence-corrected chi connectivity index (χ4v) is 1.19. The summed E-state index contributed by atoms with van der Waals surface area (Å²) in [5.41, 5.74) is 2.11. The molecule has 2 aromatic rings. The van der Waals surface area contributed by atoms with Crippen LogP contribution in [-0.4, -0.2) is 19.7 Å². The molecule has 74 valence electrons. The van der Waals surface area contributed by atoms with Gasteiger partial charge in [0.25, 0.3) is 5.95 Å². The molecule has 0 N–H and O–H groups in total. The molecule has 0 aliphatic carbocycles. The van der Waals surface area contributed by atoms with Crippen molar-refractivity contribution < 1.29 is 0 Å². The lowest BCUT2D eigenvalue weighted by molar-refractivity contribution is 0.813. The van der Waals surface area contributed by atoms with E-state index in [1.807, 2.05) is 13.8 Å². The predicted octanol–water partition coefficient (Wildman–Crippen LogP) is 1.15. The van der Waals surface area contributed by atoms with Crippen LogP contribution in [0.4, 0.5) is 0 Å². The molecule has 0 saturated heterocycles. The number of nitrogens with zero attached hydrogens (tertiary/aromatic N) is 5. The van der Waals surface area contributed by atoms with E-state index in [0.29, 0.717) is 11.6 Å². The molecule has 0 atom stereocenters. The number of aryl methyl sites for hydroxylation is 2. The first-order chi connectivity index (χ1) is 7.22. The average Bonchev–Trinajstić information content (AvgIpc) is 2.70. The quantitative estimate of drug-likeness (QED) is 0.691. The Kier molecular flexibility index (Phi) is 2.18. The minimum absolute atomic E-state index is 0.430. The Hall–Kier alpha value is -2.22. The van der Waals surface area contributed by atoms with Gasteiger partial charge in [0.05, 0.1) is 11.4 Å². The van der Waals surface area contributed by atoms with Crippen molar-refractivity contribution in [2.75, 3.05) is 0 Å². The van der Waals surface area contributed by atoms with E-state index in [1.54, 1.807) is 22.9 Å². The first kappa shape index (κ1) is 9.34. The van der Waals surface area contributed by atoms with Crippen LogP contribution in [0.2, 0.25) is 0 Å². The van der Waals surface area contributed by atoms with Gasteiger partial charge < -0.3 is 0 Å². The second-order valence-electron chi connectivity index (χ2n) is 3.16. The van der Waals surface area contributed by atoms with Gasteiger partial charge in [0.1, 0.15) is 11.8 Å². The van der Waals surface area contributed by atoms with E-state index in [9.17, 15) is 0 Å². The number of rotatable bonds is 1.